The highest BCUT2D eigenvalue weighted by Gasteiger charge is 2.19. The lowest BCUT2D eigenvalue weighted by Crippen LogP contribution is -2.14. The second kappa shape index (κ2) is 5.51. The van der Waals surface area contributed by atoms with Crippen LogP contribution in [0.4, 0.5) is 0 Å². The number of carbonyl (C=O) groups is 1. The summed E-state index contributed by atoms with van der Waals surface area (Å²) in [6.45, 7) is 1.67. The predicted molar refractivity (Wildman–Crippen MR) is 57.7 cm³/mol. The van der Waals surface area contributed by atoms with Crippen LogP contribution in [0.2, 0.25) is 0 Å². The maximum absolute atomic E-state index is 11.0. The SMILES string of the molecule is CC(O)CCC(C(=O)O)c1ccccc1. The van der Waals surface area contributed by atoms with E-state index >= 15 is 0 Å². The summed E-state index contributed by atoms with van der Waals surface area (Å²) in [6, 6.07) is 9.13. The summed E-state index contributed by atoms with van der Waals surface area (Å²) >= 11 is 0. The predicted octanol–water partition coefficient (Wildman–Crippen LogP) is 2.02. The lowest BCUT2D eigenvalue weighted by Gasteiger charge is -2.13. The van der Waals surface area contributed by atoms with Crippen LogP contribution in [0.25, 0.3) is 0 Å². The van der Waals surface area contributed by atoms with Crippen LogP contribution in [0.5, 0.6) is 0 Å². The van der Waals surface area contributed by atoms with Gasteiger partial charge in [0, 0.05) is 0 Å². The first-order chi connectivity index (χ1) is 7.11. The van der Waals surface area contributed by atoms with E-state index in [0.29, 0.717) is 12.8 Å². The number of carboxylic acids is 1. The smallest absolute Gasteiger partial charge is 0.310 e. The summed E-state index contributed by atoms with van der Waals surface area (Å²) in [5, 5.41) is 18.2. The third kappa shape index (κ3) is 3.72. The zero-order valence-electron chi connectivity index (χ0n) is 8.76. The third-order valence-electron chi connectivity index (χ3n) is 2.37. The Morgan fingerprint density at radius 3 is 2.33 bits per heavy atom. The van der Waals surface area contributed by atoms with Crippen LogP contribution in [0, 0.1) is 0 Å². The Morgan fingerprint density at radius 1 is 1.27 bits per heavy atom. The number of rotatable bonds is 5. The molecule has 3 nitrogen and oxygen atoms in total. The minimum atomic E-state index is -0.832. The van der Waals surface area contributed by atoms with Crippen molar-refractivity contribution < 1.29 is 15.0 Å². The number of aliphatic hydroxyl groups is 1. The van der Waals surface area contributed by atoms with Gasteiger partial charge in [0.05, 0.1) is 12.0 Å². The fourth-order valence-corrected chi connectivity index (χ4v) is 1.53. The van der Waals surface area contributed by atoms with Crippen molar-refractivity contribution in [2.24, 2.45) is 0 Å². The van der Waals surface area contributed by atoms with Gasteiger partial charge in [-0.1, -0.05) is 30.3 Å². The molecular weight excluding hydrogens is 192 g/mol. The first-order valence-corrected chi connectivity index (χ1v) is 5.07. The molecule has 0 amide bonds. The molecule has 2 unspecified atom stereocenters. The van der Waals surface area contributed by atoms with Gasteiger partial charge < -0.3 is 10.2 Å². The summed E-state index contributed by atoms with van der Waals surface area (Å²) in [5.41, 5.74) is 0.797. The molecule has 15 heavy (non-hydrogen) atoms. The number of hydrogen-bond donors (Lipinski definition) is 2. The van der Waals surface area contributed by atoms with Crippen molar-refractivity contribution >= 4 is 5.97 Å². The van der Waals surface area contributed by atoms with Gasteiger partial charge in [-0.05, 0) is 25.3 Å². The normalized spacial score (nSPS) is 14.5. The topological polar surface area (TPSA) is 57.5 Å². The minimum absolute atomic E-state index is 0.449. The molecule has 0 aliphatic heterocycles. The molecule has 0 heterocycles. The molecule has 0 aliphatic carbocycles. The van der Waals surface area contributed by atoms with Crippen LogP contribution in [0.3, 0.4) is 0 Å². The van der Waals surface area contributed by atoms with Gasteiger partial charge in [-0.3, -0.25) is 4.79 Å². The highest BCUT2D eigenvalue weighted by Crippen LogP contribution is 2.22. The first-order valence-electron chi connectivity index (χ1n) is 5.07. The zero-order chi connectivity index (χ0) is 11.3. The molecule has 0 saturated carbocycles. The van der Waals surface area contributed by atoms with E-state index in [1.165, 1.54) is 0 Å². The van der Waals surface area contributed by atoms with E-state index in [2.05, 4.69) is 0 Å². The van der Waals surface area contributed by atoms with Crippen molar-refractivity contribution in [3.05, 3.63) is 35.9 Å². The summed E-state index contributed by atoms with van der Waals surface area (Å²) in [5.74, 6) is -1.34. The molecule has 0 radical (unpaired) electrons. The third-order valence-corrected chi connectivity index (χ3v) is 2.37. The van der Waals surface area contributed by atoms with Gasteiger partial charge in [0.15, 0.2) is 0 Å². The first kappa shape index (κ1) is 11.7. The van der Waals surface area contributed by atoms with Crippen molar-refractivity contribution in [3.8, 4) is 0 Å². The van der Waals surface area contributed by atoms with E-state index < -0.39 is 18.0 Å². The van der Waals surface area contributed by atoms with Gasteiger partial charge in [0.1, 0.15) is 0 Å². The molecule has 1 aromatic carbocycles. The Morgan fingerprint density at radius 2 is 1.87 bits per heavy atom. The van der Waals surface area contributed by atoms with Crippen LogP contribution >= 0.6 is 0 Å². The standard InChI is InChI=1S/C12H16O3/c1-9(13)7-8-11(12(14)15)10-5-3-2-4-6-10/h2-6,9,11,13H,7-8H2,1H3,(H,14,15). The summed E-state index contributed by atoms with van der Waals surface area (Å²) in [4.78, 5) is 11.0. The van der Waals surface area contributed by atoms with Crippen molar-refractivity contribution in [2.75, 3.05) is 0 Å². The number of aliphatic carboxylic acids is 1. The van der Waals surface area contributed by atoms with E-state index in [0.717, 1.165) is 5.56 Å². The van der Waals surface area contributed by atoms with Crippen molar-refractivity contribution in [1.82, 2.24) is 0 Å². The average molecular weight is 208 g/mol. The maximum atomic E-state index is 11.0. The number of aliphatic hydroxyl groups excluding tert-OH is 1. The van der Waals surface area contributed by atoms with Crippen LogP contribution in [0.15, 0.2) is 30.3 Å². The molecule has 0 spiro atoms. The van der Waals surface area contributed by atoms with E-state index in [4.69, 9.17) is 10.2 Å². The molecule has 2 N–H and O–H groups in total. The van der Waals surface area contributed by atoms with Gasteiger partial charge in [0.2, 0.25) is 0 Å². The molecule has 1 aromatic rings. The van der Waals surface area contributed by atoms with E-state index in [9.17, 15) is 4.79 Å². The van der Waals surface area contributed by atoms with Crippen LogP contribution in [0.1, 0.15) is 31.2 Å². The Balaban J connectivity index is 2.71. The molecule has 0 aliphatic rings. The van der Waals surface area contributed by atoms with E-state index in [1.54, 1.807) is 19.1 Å². The fourth-order valence-electron chi connectivity index (χ4n) is 1.53. The lowest BCUT2D eigenvalue weighted by molar-refractivity contribution is -0.139. The highest BCUT2D eigenvalue weighted by atomic mass is 16.4. The van der Waals surface area contributed by atoms with Crippen LogP contribution < -0.4 is 0 Å². The highest BCUT2D eigenvalue weighted by molar-refractivity contribution is 5.75. The van der Waals surface area contributed by atoms with Crippen molar-refractivity contribution in [1.29, 1.82) is 0 Å². The molecule has 0 saturated heterocycles. The van der Waals surface area contributed by atoms with E-state index in [1.807, 2.05) is 18.2 Å². The Bertz CT molecular complexity index is 306. The Labute approximate surface area is 89.4 Å². The number of carboxylic acid groups (broad SMARTS) is 1. The Kier molecular flexibility index (Phi) is 4.31. The minimum Gasteiger partial charge on any atom is -0.481 e. The lowest BCUT2D eigenvalue weighted by atomic mass is 9.93. The summed E-state index contributed by atoms with van der Waals surface area (Å²) in [7, 11) is 0. The molecular formula is C12H16O3. The van der Waals surface area contributed by atoms with Gasteiger partial charge in [-0.25, -0.2) is 0 Å². The number of benzene rings is 1. The quantitative estimate of drug-likeness (QED) is 0.778. The Hall–Kier alpha value is -1.35. The number of hydrogen-bond acceptors (Lipinski definition) is 2. The monoisotopic (exact) mass is 208 g/mol. The zero-order valence-corrected chi connectivity index (χ0v) is 8.76. The van der Waals surface area contributed by atoms with Crippen molar-refractivity contribution in [3.63, 3.8) is 0 Å². The fraction of sp³-hybridized carbons (Fsp3) is 0.417. The van der Waals surface area contributed by atoms with E-state index in [-0.39, 0.29) is 0 Å². The molecule has 82 valence electrons. The second-order valence-corrected chi connectivity index (χ2v) is 3.73. The van der Waals surface area contributed by atoms with Crippen LogP contribution in [-0.4, -0.2) is 22.3 Å². The molecule has 0 bridgehead atoms. The van der Waals surface area contributed by atoms with Gasteiger partial charge in [-0.15, -0.1) is 0 Å². The summed E-state index contributed by atoms with van der Waals surface area (Å²) in [6.07, 6.45) is 0.527. The summed E-state index contributed by atoms with van der Waals surface area (Å²) < 4.78 is 0. The molecule has 0 aromatic heterocycles. The second-order valence-electron chi connectivity index (χ2n) is 3.73. The molecule has 3 heteroatoms. The molecule has 0 fully saturated rings. The largest absolute Gasteiger partial charge is 0.481 e. The van der Waals surface area contributed by atoms with Gasteiger partial charge in [-0.2, -0.15) is 0 Å². The average Bonchev–Trinajstić information content (AvgIpc) is 2.18. The molecule has 1 rings (SSSR count). The van der Waals surface area contributed by atoms with Gasteiger partial charge >= 0.3 is 5.97 Å². The molecule has 2 atom stereocenters. The van der Waals surface area contributed by atoms with Gasteiger partial charge in [0.25, 0.3) is 0 Å². The maximum Gasteiger partial charge on any atom is 0.310 e. The van der Waals surface area contributed by atoms with Crippen molar-refractivity contribution in [2.45, 2.75) is 31.8 Å². The van der Waals surface area contributed by atoms with Crippen LogP contribution in [-0.2, 0) is 4.79 Å².